The molecular weight excluding hydrogens is 335 g/mol. The van der Waals surface area contributed by atoms with Crippen molar-refractivity contribution in [3.05, 3.63) is 40.7 Å². The number of hydrogen-bond acceptors (Lipinski definition) is 5. The highest BCUT2D eigenvalue weighted by Gasteiger charge is 2.16. The number of carbonyl (C=O) groups is 1. The van der Waals surface area contributed by atoms with E-state index in [4.69, 9.17) is 21.4 Å². The molecule has 0 fully saturated rings. The molecule has 0 aliphatic rings. The van der Waals surface area contributed by atoms with E-state index in [-0.39, 0.29) is 5.69 Å². The number of halogens is 1. The second-order valence-electron chi connectivity index (χ2n) is 4.29. The summed E-state index contributed by atoms with van der Waals surface area (Å²) in [5.74, 6) is -0.562. The van der Waals surface area contributed by atoms with Gasteiger partial charge in [-0.1, -0.05) is 17.7 Å². The molecular formula is C11H12ClN4O5P. The molecule has 1 aromatic heterocycles. The van der Waals surface area contributed by atoms with E-state index in [1.165, 1.54) is 0 Å². The Kier molecular flexibility index (Phi) is 4.94. The molecule has 0 bridgehead atoms. The molecule has 2 aromatic rings. The van der Waals surface area contributed by atoms with Crippen molar-refractivity contribution in [2.45, 2.75) is 13.7 Å². The highest BCUT2D eigenvalue weighted by atomic mass is 35.5. The summed E-state index contributed by atoms with van der Waals surface area (Å²) < 4.78 is 14.8. The first-order valence-electron chi connectivity index (χ1n) is 5.92. The van der Waals surface area contributed by atoms with Gasteiger partial charge >= 0.3 is 7.82 Å². The van der Waals surface area contributed by atoms with Crippen molar-refractivity contribution < 1.29 is 23.7 Å². The van der Waals surface area contributed by atoms with Crippen LogP contribution in [0.25, 0.3) is 0 Å². The molecule has 0 aliphatic heterocycles. The zero-order valence-electron chi connectivity index (χ0n) is 11.3. The smallest absolute Gasteiger partial charge is 0.319 e. The van der Waals surface area contributed by atoms with Gasteiger partial charge in [-0.05, 0) is 24.6 Å². The molecule has 0 saturated carbocycles. The number of carbonyl (C=O) groups excluding carboxylic acids is 1. The number of nitrogens with one attached hydrogen (secondary N) is 1. The van der Waals surface area contributed by atoms with Crippen molar-refractivity contribution in [2.24, 2.45) is 0 Å². The Morgan fingerprint density at radius 2 is 2.23 bits per heavy atom. The minimum atomic E-state index is -4.63. The topological polar surface area (TPSA) is 127 Å². The first kappa shape index (κ1) is 16.6. The first-order chi connectivity index (χ1) is 10.2. The summed E-state index contributed by atoms with van der Waals surface area (Å²) in [6.45, 7) is 1.28. The fraction of sp³-hybridized carbons (Fsp3) is 0.182. The predicted molar refractivity (Wildman–Crippen MR) is 77.3 cm³/mol. The van der Waals surface area contributed by atoms with E-state index in [0.717, 1.165) is 16.6 Å². The number of rotatable bonds is 5. The van der Waals surface area contributed by atoms with Crippen LogP contribution < -0.4 is 5.32 Å². The number of anilines is 1. The Labute approximate surface area is 130 Å². The summed E-state index contributed by atoms with van der Waals surface area (Å²) in [5.41, 5.74) is 1.31. The lowest BCUT2D eigenvalue weighted by Gasteiger charge is -2.06. The molecule has 2 rings (SSSR count). The van der Waals surface area contributed by atoms with Gasteiger partial charge in [-0.15, -0.1) is 5.10 Å². The second kappa shape index (κ2) is 6.55. The van der Waals surface area contributed by atoms with Crippen LogP contribution in [0.4, 0.5) is 5.69 Å². The molecule has 22 heavy (non-hydrogen) atoms. The Hall–Kier alpha value is -1.77. The normalized spacial score (nSPS) is 11.5. The lowest BCUT2D eigenvalue weighted by Crippen LogP contribution is -2.14. The zero-order chi connectivity index (χ0) is 16.3. The molecule has 1 aromatic carbocycles. The summed E-state index contributed by atoms with van der Waals surface area (Å²) in [7, 11) is -4.63. The molecule has 0 aliphatic carbocycles. The van der Waals surface area contributed by atoms with Crippen LogP contribution in [-0.2, 0) is 15.8 Å². The minimum Gasteiger partial charge on any atom is -0.319 e. The van der Waals surface area contributed by atoms with Crippen LogP contribution in [0.2, 0.25) is 5.02 Å². The number of phosphoric acid groups is 1. The molecule has 118 valence electrons. The van der Waals surface area contributed by atoms with Crippen molar-refractivity contribution in [3.63, 3.8) is 0 Å². The highest BCUT2D eigenvalue weighted by Crippen LogP contribution is 2.35. The third kappa shape index (κ3) is 4.62. The molecule has 0 radical (unpaired) electrons. The number of phosphoric ester groups is 1. The average Bonchev–Trinajstić information content (AvgIpc) is 2.88. The highest BCUT2D eigenvalue weighted by molar-refractivity contribution is 7.46. The summed E-state index contributed by atoms with van der Waals surface area (Å²) in [4.78, 5) is 30.0. The van der Waals surface area contributed by atoms with Crippen molar-refractivity contribution in [3.8, 4) is 0 Å². The van der Waals surface area contributed by atoms with Gasteiger partial charge in [-0.2, -0.15) is 9.90 Å². The van der Waals surface area contributed by atoms with E-state index in [1.54, 1.807) is 18.2 Å². The Morgan fingerprint density at radius 3 is 2.86 bits per heavy atom. The van der Waals surface area contributed by atoms with Crippen molar-refractivity contribution in [1.82, 2.24) is 15.0 Å². The Bertz CT molecular complexity index is 744. The van der Waals surface area contributed by atoms with E-state index in [1.807, 2.05) is 6.92 Å². The number of amides is 1. The van der Waals surface area contributed by atoms with E-state index in [9.17, 15) is 9.36 Å². The average molecular weight is 347 g/mol. The van der Waals surface area contributed by atoms with Gasteiger partial charge in [-0.25, -0.2) is 4.57 Å². The van der Waals surface area contributed by atoms with Gasteiger partial charge < -0.3 is 15.1 Å². The molecule has 3 N–H and O–H groups in total. The van der Waals surface area contributed by atoms with Gasteiger partial charge in [-0.3, -0.25) is 9.32 Å². The minimum absolute atomic E-state index is 0.0500. The zero-order valence-corrected chi connectivity index (χ0v) is 13.0. The van der Waals surface area contributed by atoms with Crippen LogP contribution in [0, 0.1) is 6.92 Å². The van der Waals surface area contributed by atoms with Crippen LogP contribution >= 0.6 is 19.4 Å². The lowest BCUT2D eigenvalue weighted by molar-refractivity contribution is 0.101. The van der Waals surface area contributed by atoms with Gasteiger partial charge in [0.15, 0.2) is 12.4 Å². The Morgan fingerprint density at radius 1 is 1.50 bits per heavy atom. The fourth-order valence-corrected chi connectivity index (χ4v) is 2.03. The third-order valence-electron chi connectivity index (χ3n) is 2.48. The Balaban J connectivity index is 2.04. The van der Waals surface area contributed by atoms with E-state index in [2.05, 4.69) is 20.0 Å². The van der Waals surface area contributed by atoms with Crippen LogP contribution in [0.5, 0.6) is 0 Å². The van der Waals surface area contributed by atoms with E-state index in [0.29, 0.717) is 10.7 Å². The van der Waals surface area contributed by atoms with E-state index < -0.39 is 20.5 Å². The number of aromatic nitrogens is 3. The maximum atomic E-state index is 12.0. The van der Waals surface area contributed by atoms with Crippen LogP contribution in [-0.4, -0.2) is 30.7 Å². The first-order valence-corrected chi connectivity index (χ1v) is 7.83. The quantitative estimate of drug-likeness (QED) is 0.701. The molecule has 9 nitrogen and oxygen atoms in total. The maximum absolute atomic E-state index is 12.0. The molecule has 11 heteroatoms. The maximum Gasteiger partial charge on any atom is 0.471 e. The molecule has 0 atom stereocenters. The predicted octanol–water partition coefficient (Wildman–Crippen LogP) is 1.56. The molecule has 1 heterocycles. The van der Waals surface area contributed by atoms with Gasteiger partial charge in [0.05, 0.1) is 16.9 Å². The molecule has 0 saturated heterocycles. The largest absolute Gasteiger partial charge is 0.471 e. The van der Waals surface area contributed by atoms with Gasteiger partial charge in [0.2, 0.25) is 0 Å². The molecule has 0 unspecified atom stereocenters. The number of aryl methyl sites for hydroxylation is 1. The van der Waals surface area contributed by atoms with Crippen molar-refractivity contribution in [2.75, 3.05) is 5.32 Å². The summed E-state index contributed by atoms with van der Waals surface area (Å²) in [6, 6.07) is 5.13. The second-order valence-corrected chi connectivity index (χ2v) is 5.93. The van der Waals surface area contributed by atoms with Gasteiger partial charge in [0, 0.05) is 0 Å². The van der Waals surface area contributed by atoms with Crippen LogP contribution in [0.3, 0.4) is 0 Å². The van der Waals surface area contributed by atoms with Crippen LogP contribution in [0.1, 0.15) is 16.1 Å². The summed E-state index contributed by atoms with van der Waals surface area (Å²) >= 11 is 6.00. The van der Waals surface area contributed by atoms with Gasteiger partial charge in [0.25, 0.3) is 5.91 Å². The number of nitrogens with zero attached hydrogens (tertiary/aromatic N) is 3. The number of benzene rings is 1. The number of hydrogen-bond donors (Lipinski definition) is 3. The van der Waals surface area contributed by atoms with Crippen LogP contribution in [0.15, 0.2) is 24.4 Å². The van der Waals surface area contributed by atoms with E-state index >= 15 is 0 Å². The molecule has 0 spiro atoms. The summed E-state index contributed by atoms with van der Waals surface area (Å²) in [6.07, 6.45) is 1.14. The fourth-order valence-electron chi connectivity index (χ4n) is 1.50. The molecule has 1 amide bonds. The standard InChI is InChI=1S/C11H12ClN4O5P/c1-7-2-3-9(8(12)4-7)14-11(17)10-5-13-16(15-10)6-21-22(18,19)20/h2-5H,6H2,1H3,(H,14,17)(H2,18,19,20). The SMILES string of the molecule is Cc1ccc(NC(=O)c2cnn(COP(=O)(O)O)n2)c(Cl)c1. The van der Waals surface area contributed by atoms with Crippen molar-refractivity contribution >= 4 is 31.0 Å². The summed E-state index contributed by atoms with van der Waals surface area (Å²) in [5, 5.41) is 10.3. The monoisotopic (exact) mass is 346 g/mol. The van der Waals surface area contributed by atoms with Gasteiger partial charge in [0.1, 0.15) is 0 Å². The third-order valence-corrected chi connectivity index (χ3v) is 3.25. The lowest BCUT2D eigenvalue weighted by atomic mass is 10.2. The van der Waals surface area contributed by atoms with Crippen molar-refractivity contribution in [1.29, 1.82) is 0 Å².